The summed E-state index contributed by atoms with van der Waals surface area (Å²) in [5.41, 5.74) is 4.04. The molecule has 10 nitrogen and oxygen atoms in total. The quantitative estimate of drug-likeness (QED) is 0.229. The van der Waals surface area contributed by atoms with Gasteiger partial charge in [-0.3, -0.25) is 14.3 Å². The largest absolute Gasteiger partial charge is 0.414 e. The van der Waals surface area contributed by atoms with E-state index in [1.54, 1.807) is 6.33 Å². The lowest BCUT2D eigenvalue weighted by molar-refractivity contribution is -0.0556. The minimum atomic E-state index is -2.94. The Morgan fingerprint density at radius 1 is 1.04 bits per heavy atom. The van der Waals surface area contributed by atoms with Crippen molar-refractivity contribution in [2.75, 3.05) is 18.5 Å². The Morgan fingerprint density at radius 2 is 1.64 bits per heavy atom. The van der Waals surface area contributed by atoms with Gasteiger partial charge in [-0.15, -0.1) is 5.54 Å². The molecule has 1 unspecified atom stereocenters. The Morgan fingerprint density at radius 3 is 2.18 bits per heavy atom. The number of rotatable bonds is 8. The topological polar surface area (TPSA) is 113 Å². The van der Waals surface area contributed by atoms with E-state index in [-0.39, 0.29) is 33.2 Å². The smallest absolute Gasteiger partial charge is 0.335 e. The van der Waals surface area contributed by atoms with E-state index < -0.39 is 49.0 Å². The van der Waals surface area contributed by atoms with Crippen LogP contribution in [0, 0.1) is 22.8 Å². The van der Waals surface area contributed by atoms with E-state index >= 15 is 0 Å². The lowest BCUT2D eigenvalue weighted by atomic mass is 9.83. The zero-order chi connectivity index (χ0) is 33.7. The first-order valence-corrected chi connectivity index (χ1v) is 24.1. The van der Waals surface area contributed by atoms with Gasteiger partial charge in [-0.1, -0.05) is 94.8 Å². The zero-order valence-electron chi connectivity index (χ0n) is 30.0. The van der Waals surface area contributed by atoms with E-state index in [0.717, 1.165) is 0 Å². The Labute approximate surface area is 273 Å². The standard InChI is InChI=1S/C32H57N5O5Si3/c1-20(2)17-33-31-35-28-26(29(38)36-31)34-19-37(28)30-32(11,15-16-43(12,13)14)27-25(40-30)18-39-44(21(3)4,22(5)6)42-45(41-27,23(7)8)24(9)10/h19-25,27,30H,17-18H2,1-14H3,(H2,33,35,36,38)/t25-,27+,30-,32?/m1/s1. The molecule has 0 bridgehead atoms. The fourth-order valence-corrected chi connectivity index (χ4v) is 18.6. The Bertz CT molecular complexity index is 1460. The predicted molar refractivity (Wildman–Crippen MR) is 188 cm³/mol. The van der Waals surface area contributed by atoms with Gasteiger partial charge in [-0.2, -0.15) is 4.98 Å². The number of hydrogen-bond donors (Lipinski definition) is 2. The van der Waals surface area contributed by atoms with Crippen LogP contribution in [0.15, 0.2) is 11.1 Å². The third-order valence-corrected chi connectivity index (χ3v) is 20.2. The predicted octanol–water partition coefficient (Wildman–Crippen LogP) is 6.93. The molecule has 2 saturated heterocycles. The highest BCUT2D eigenvalue weighted by molar-refractivity contribution is 6.84. The zero-order valence-corrected chi connectivity index (χ0v) is 33.0. The van der Waals surface area contributed by atoms with Crippen molar-refractivity contribution in [3.8, 4) is 11.5 Å². The van der Waals surface area contributed by atoms with Crippen LogP contribution in [0.1, 0.15) is 82.4 Å². The summed E-state index contributed by atoms with van der Waals surface area (Å²) in [4.78, 5) is 25.3. The molecule has 4 heterocycles. The van der Waals surface area contributed by atoms with Crippen LogP contribution in [-0.2, 0) is 17.7 Å². The summed E-state index contributed by atoms with van der Waals surface area (Å²) in [6.45, 7) is 31.9. The summed E-state index contributed by atoms with van der Waals surface area (Å²) < 4.78 is 31.0. The summed E-state index contributed by atoms with van der Waals surface area (Å²) in [5.74, 6) is 4.49. The van der Waals surface area contributed by atoms with Crippen LogP contribution >= 0.6 is 0 Å². The van der Waals surface area contributed by atoms with Gasteiger partial charge in [0.05, 0.1) is 19.0 Å². The molecule has 0 spiro atoms. The lowest BCUT2D eigenvalue weighted by Gasteiger charge is -2.52. The molecule has 2 aliphatic heterocycles. The van der Waals surface area contributed by atoms with Gasteiger partial charge in [-0.25, -0.2) is 4.98 Å². The SMILES string of the molecule is CC(C)CNc1nc2c(ncn2[C@@H]2O[C@@H]3CO[Si](C(C)C)(C(C)C)O[Si](C(C)C)(C(C)C)O[C@@H]3C2(C)C#C[Si](C)(C)C)c(=O)[nH]1. The minimum absolute atomic E-state index is 0.168. The third kappa shape index (κ3) is 6.79. The Balaban J connectivity index is 1.94. The van der Waals surface area contributed by atoms with E-state index in [1.165, 1.54) is 0 Å². The molecular formula is C32H57N5O5Si3. The summed E-state index contributed by atoms with van der Waals surface area (Å²) in [6.07, 6.45) is 0.222. The van der Waals surface area contributed by atoms with Gasteiger partial charge in [0.1, 0.15) is 19.6 Å². The number of H-pyrrole nitrogens is 1. The highest BCUT2D eigenvalue weighted by Crippen LogP contribution is 2.53. The maximum Gasteiger partial charge on any atom is 0.335 e. The summed E-state index contributed by atoms with van der Waals surface area (Å²) in [6, 6.07) is 0. The lowest BCUT2D eigenvalue weighted by Crippen LogP contribution is -2.66. The van der Waals surface area contributed by atoms with Gasteiger partial charge in [0.2, 0.25) is 5.95 Å². The van der Waals surface area contributed by atoms with Crippen LogP contribution in [0.4, 0.5) is 5.95 Å². The number of fused-ring (bicyclic) bond motifs is 2. The molecule has 4 rings (SSSR count). The third-order valence-electron chi connectivity index (χ3n) is 9.14. The van der Waals surface area contributed by atoms with Crippen LogP contribution in [0.5, 0.6) is 0 Å². The highest BCUT2D eigenvalue weighted by Gasteiger charge is 2.64. The first-order valence-electron chi connectivity index (χ1n) is 16.7. The van der Waals surface area contributed by atoms with E-state index in [0.29, 0.717) is 30.7 Å². The van der Waals surface area contributed by atoms with Gasteiger partial charge in [-0.05, 0) is 35.0 Å². The fourth-order valence-electron chi connectivity index (χ4n) is 6.65. The van der Waals surface area contributed by atoms with Crippen molar-refractivity contribution in [2.45, 2.75) is 136 Å². The van der Waals surface area contributed by atoms with Crippen LogP contribution in [0.25, 0.3) is 11.2 Å². The molecule has 2 fully saturated rings. The van der Waals surface area contributed by atoms with Crippen molar-refractivity contribution in [1.29, 1.82) is 0 Å². The van der Waals surface area contributed by atoms with Crippen molar-refractivity contribution in [1.82, 2.24) is 19.5 Å². The van der Waals surface area contributed by atoms with Gasteiger partial charge in [0.15, 0.2) is 17.4 Å². The second-order valence-corrected chi connectivity index (χ2v) is 29.4. The molecule has 0 radical (unpaired) electrons. The molecule has 0 saturated carbocycles. The van der Waals surface area contributed by atoms with Crippen LogP contribution in [0.2, 0.25) is 41.8 Å². The molecule has 2 N–H and O–H groups in total. The van der Waals surface area contributed by atoms with Crippen molar-refractivity contribution >= 4 is 42.3 Å². The number of nitrogens with zero attached hydrogens (tertiary/aromatic N) is 3. The molecule has 0 aliphatic carbocycles. The Hall–Kier alpha value is -1.80. The van der Waals surface area contributed by atoms with Gasteiger partial charge < -0.3 is 23.0 Å². The van der Waals surface area contributed by atoms with E-state index in [1.807, 2.05) is 4.57 Å². The average Bonchev–Trinajstić information content (AvgIpc) is 3.44. The maximum atomic E-state index is 13.1. The monoisotopic (exact) mass is 675 g/mol. The molecule has 2 aromatic heterocycles. The minimum Gasteiger partial charge on any atom is -0.414 e. The molecule has 2 aromatic rings. The molecule has 252 valence electrons. The first-order chi connectivity index (χ1) is 20.8. The number of aromatic nitrogens is 4. The van der Waals surface area contributed by atoms with E-state index in [9.17, 15) is 4.79 Å². The van der Waals surface area contributed by atoms with Crippen LogP contribution < -0.4 is 10.9 Å². The molecule has 0 amide bonds. The van der Waals surface area contributed by atoms with Crippen LogP contribution in [0.3, 0.4) is 0 Å². The normalized spacial score (nSPS) is 26.8. The van der Waals surface area contributed by atoms with Crippen LogP contribution in [-0.4, -0.2) is 70.1 Å². The molecular weight excluding hydrogens is 619 g/mol. The second kappa shape index (κ2) is 13.0. The average molecular weight is 676 g/mol. The molecule has 45 heavy (non-hydrogen) atoms. The van der Waals surface area contributed by atoms with Gasteiger partial charge in [0.25, 0.3) is 5.56 Å². The maximum absolute atomic E-state index is 13.1. The Kier molecular flexibility index (Phi) is 10.4. The summed E-state index contributed by atoms with van der Waals surface area (Å²) in [5, 5.41) is 3.26. The summed E-state index contributed by atoms with van der Waals surface area (Å²) in [7, 11) is -7.51. The fraction of sp³-hybridized carbons (Fsp3) is 0.781. The highest BCUT2D eigenvalue weighted by atomic mass is 28.5. The number of nitrogens with one attached hydrogen (secondary N) is 2. The van der Waals surface area contributed by atoms with Crippen molar-refractivity contribution < 1.29 is 17.7 Å². The van der Waals surface area contributed by atoms with E-state index in [4.69, 9.17) is 22.7 Å². The first kappa shape index (κ1) is 36.0. The number of aromatic amines is 1. The van der Waals surface area contributed by atoms with Crippen molar-refractivity contribution in [3.63, 3.8) is 0 Å². The number of imidazole rings is 1. The second-order valence-electron chi connectivity index (χ2n) is 15.8. The molecule has 2 aliphatic rings. The molecule has 0 aromatic carbocycles. The molecule has 13 heteroatoms. The van der Waals surface area contributed by atoms with Gasteiger partial charge in [0, 0.05) is 6.54 Å². The van der Waals surface area contributed by atoms with Crippen molar-refractivity contribution in [3.05, 3.63) is 16.7 Å². The number of ether oxygens (including phenoxy) is 1. The summed E-state index contributed by atoms with van der Waals surface area (Å²) >= 11 is 0. The van der Waals surface area contributed by atoms with E-state index in [2.05, 4.69) is 123 Å². The number of hydrogen-bond acceptors (Lipinski definition) is 8. The molecule has 4 atom stereocenters. The van der Waals surface area contributed by atoms with Gasteiger partial charge >= 0.3 is 17.1 Å². The van der Waals surface area contributed by atoms with Crippen molar-refractivity contribution in [2.24, 2.45) is 11.3 Å². The number of anilines is 1.